The molecule has 7 heteroatoms. The van der Waals surface area contributed by atoms with E-state index >= 15 is 0 Å². The van der Waals surface area contributed by atoms with Gasteiger partial charge in [0.15, 0.2) is 0 Å². The Labute approximate surface area is 112 Å². The Morgan fingerprint density at radius 2 is 2.26 bits per heavy atom. The summed E-state index contributed by atoms with van der Waals surface area (Å²) in [5.74, 6) is 0. The maximum atomic E-state index is 11.5. The number of hydrogen-bond donors (Lipinski definition) is 4. The first-order chi connectivity index (χ1) is 9.24. The fourth-order valence-electron chi connectivity index (χ4n) is 2.21. The van der Waals surface area contributed by atoms with Gasteiger partial charge >= 0.3 is 6.03 Å². The Hall–Kier alpha value is -1.60. The average molecular weight is 267 g/mol. The topological polar surface area (TPSA) is 93.3 Å². The molecule has 1 aromatic heterocycles. The number of urea groups is 1. The van der Waals surface area contributed by atoms with E-state index in [1.54, 1.807) is 6.20 Å². The second kappa shape index (κ2) is 7.10. The molecule has 0 aliphatic carbocycles. The van der Waals surface area contributed by atoms with Crippen LogP contribution in [0.1, 0.15) is 19.3 Å². The molecule has 4 N–H and O–H groups in total. The molecule has 1 fully saturated rings. The quantitative estimate of drug-likeness (QED) is 0.620. The Morgan fingerprint density at radius 1 is 1.47 bits per heavy atom. The number of piperidine rings is 1. The van der Waals surface area contributed by atoms with Gasteiger partial charge in [0.1, 0.15) is 0 Å². The number of aromatic amines is 1. The van der Waals surface area contributed by atoms with Gasteiger partial charge < -0.3 is 20.6 Å². The summed E-state index contributed by atoms with van der Waals surface area (Å²) in [5, 5.41) is 21.5. The molecule has 1 aliphatic heterocycles. The van der Waals surface area contributed by atoms with Crippen LogP contribution in [0.4, 0.5) is 10.5 Å². The van der Waals surface area contributed by atoms with E-state index in [1.165, 1.54) is 25.5 Å². The van der Waals surface area contributed by atoms with Crippen molar-refractivity contribution < 1.29 is 9.90 Å². The Kier molecular flexibility index (Phi) is 5.17. The van der Waals surface area contributed by atoms with Gasteiger partial charge in [-0.3, -0.25) is 5.10 Å². The van der Waals surface area contributed by atoms with E-state index in [9.17, 15) is 9.90 Å². The average Bonchev–Trinajstić information content (AvgIpc) is 2.90. The van der Waals surface area contributed by atoms with Crippen molar-refractivity contribution >= 4 is 11.7 Å². The molecule has 0 saturated carbocycles. The van der Waals surface area contributed by atoms with Crippen LogP contribution in [-0.4, -0.2) is 58.5 Å². The summed E-state index contributed by atoms with van der Waals surface area (Å²) in [7, 11) is 0. The number of H-pyrrole nitrogens is 1. The number of carbonyl (C=O) groups excluding carboxylic acids is 1. The van der Waals surface area contributed by atoms with Crippen molar-refractivity contribution in [1.82, 2.24) is 20.4 Å². The van der Waals surface area contributed by atoms with Crippen LogP contribution in [0, 0.1) is 0 Å². The number of amides is 2. The molecule has 2 rings (SSSR count). The zero-order valence-corrected chi connectivity index (χ0v) is 10.9. The number of β-amino-alcohol motifs (C(OH)–C–C–N with tert-alkyl or cyclic N) is 1. The number of likely N-dealkylation sites (tertiary alicyclic amines) is 1. The third kappa shape index (κ3) is 4.88. The number of nitrogens with zero attached hydrogens (tertiary/aromatic N) is 2. The predicted molar refractivity (Wildman–Crippen MR) is 71.9 cm³/mol. The monoisotopic (exact) mass is 267 g/mol. The molecule has 7 nitrogen and oxygen atoms in total. The lowest BCUT2D eigenvalue weighted by atomic mass is 10.1. The molecule has 1 saturated heterocycles. The third-order valence-electron chi connectivity index (χ3n) is 3.17. The van der Waals surface area contributed by atoms with Crippen molar-refractivity contribution in [3.05, 3.63) is 12.4 Å². The molecule has 2 heterocycles. The maximum absolute atomic E-state index is 11.5. The molecule has 106 valence electrons. The summed E-state index contributed by atoms with van der Waals surface area (Å²) in [4.78, 5) is 13.8. The molecular formula is C12H21N5O2. The third-order valence-corrected chi connectivity index (χ3v) is 3.17. The number of hydrogen-bond acceptors (Lipinski definition) is 4. The van der Waals surface area contributed by atoms with E-state index in [0.717, 1.165) is 13.1 Å². The Bertz CT molecular complexity index is 375. The first-order valence-corrected chi connectivity index (χ1v) is 6.68. The minimum absolute atomic E-state index is 0.250. The van der Waals surface area contributed by atoms with Crippen molar-refractivity contribution in [2.24, 2.45) is 0 Å². The second-order valence-electron chi connectivity index (χ2n) is 4.84. The van der Waals surface area contributed by atoms with Crippen LogP contribution in [-0.2, 0) is 0 Å². The number of anilines is 1. The van der Waals surface area contributed by atoms with Crippen LogP contribution in [0.3, 0.4) is 0 Å². The molecule has 2 amide bonds. The number of aliphatic hydroxyl groups excluding tert-OH is 1. The van der Waals surface area contributed by atoms with Gasteiger partial charge in [-0.1, -0.05) is 6.42 Å². The predicted octanol–water partition coefficient (Wildman–Crippen LogP) is 0.378. The number of aromatic nitrogens is 2. The van der Waals surface area contributed by atoms with Crippen LogP contribution in [0.2, 0.25) is 0 Å². The molecule has 1 atom stereocenters. The molecule has 0 radical (unpaired) electrons. The minimum atomic E-state index is -0.534. The fourth-order valence-corrected chi connectivity index (χ4v) is 2.21. The SMILES string of the molecule is O=C(NC[C@@H](O)CN1CCCCC1)Nc1cn[nH]c1. The van der Waals surface area contributed by atoms with Gasteiger partial charge in [0.25, 0.3) is 0 Å². The van der Waals surface area contributed by atoms with Gasteiger partial charge in [-0.25, -0.2) is 4.79 Å². The lowest BCUT2D eigenvalue weighted by Gasteiger charge is -2.28. The molecule has 0 bridgehead atoms. The normalized spacial score (nSPS) is 17.9. The van der Waals surface area contributed by atoms with Gasteiger partial charge in [-0.2, -0.15) is 5.10 Å². The van der Waals surface area contributed by atoms with Crippen LogP contribution in [0.25, 0.3) is 0 Å². The van der Waals surface area contributed by atoms with Crippen LogP contribution in [0.5, 0.6) is 0 Å². The highest BCUT2D eigenvalue weighted by molar-refractivity contribution is 5.88. The minimum Gasteiger partial charge on any atom is -0.390 e. The summed E-state index contributed by atoms with van der Waals surface area (Å²) in [6.07, 6.45) is 6.24. The maximum Gasteiger partial charge on any atom is 0.319 e. The zero-order chi connectivity index (χ0) is 13.5. The summed E-state index contributed by atoms with van der Waals surface area (Å²) in [6, 6.07) is -0.334. The molecular weight excluding hydrogens is 246 g/mol. The summed E-state index contributed by atoms with van der Waals surface area (Å²) >= 11 is 0. The Morgan fingerprint density at radius 3 is 2.95 bits per heavy atom. The molecule has 1 aromatic rings. The first-order valence-electron chi connectivity index (χ1n) is 6.68. The molecule has 0 unspecified atom stereocenters. The van der Waals surface area contributed by atoms with Gasteiger partial charge in [-0.05, 0) is 25.9 Å². The largest absolute Gasteiger partial charge is 0.390 e. The molecule has 0 aromatic carbocycles. The highest BCUT2D eigenvalue weighted by Gasteiger charge is 2.15. The van der Waals surface area contributed by atoms with E-state index < -0.39 is 6.10 Å². The van der Waals surface area contributed by atoms with Crippen LogP contribution >= 0.6 is 0 Å². The number of nitrogens with one attached hydrogen (secondary N) is 3. The van der Waals surface area contributed by atoms with Crippen LogP contribution < -0.4 is 10.6 Å². The number of rotatable bonds is 5. The van der Waals surface area contributed by atoms with E-state index in [2.05, 4.69) is 25.7 Å². The highest BCUT2D eigenvalue weighted by atomic mass is 16.3. The van der Waals surface area contributed by atoms with Crippen molar-refractivity contribution in [3.63, 3.8) is 0 Å². The fraction of sp³-hybridized carbons (Fsp3) is 0.667. The summed E-state index contributed by atoms with van der Waals surface area (Å²) in [6.45, 7) is 2.95. The first kappa shape index (κ1) is 13.8. The summed E-state index contributed by atoms with van der Waals surface area (Å²) in [5.41, 5.74) is 0.600. The van der Waals surface area contributed by atoms with Crippen molar-refractivity contribution in [2.45, 2.75) is 25.4 Å². The van der Waals surface area contributed by atoms with E-state index in [-0.39, 0.29) is 12.6 Å². The zero-order valence-electron chi connectivity index (χ0n) is 10.9. The smallest absolute Gasteiger partial charge is 0.319 e. The second-order valence-corrected chi connectivity index (χ2v) is 4.84. The van der Waals surface area contributed by atoms with Gasteiger partial charge in [0, 0.05) is 19.3 Å². The van der Waals surface area contributed by atoms with E-state index in [0.29, 0.717) is 12.2 Å². The van der Waals surface area contributed by atoms with Gasteiger partial charge in [0.2, 0.25) is 0 Å². The Balaban J connectivity index is 1.62. The standard InChI is InChI=1S/C12H21N5O2/c18-11(9-17-4-2-1-3-5-17)8-13-12(19)16-10-6-14-15-7-10/h6-7,11,18H,1-5,8-9H2,(H,14,15)(H2,13,16,19)/t11-/m1/s1. The molecule has 0 spiro atoms. The lowest BCUT2D eigenvalue weighted by Crippen LogP contribution is -2.42. The van der Waals surface area contributed by atoms with E-state index in [4.69, 9.17) is 0 Å². The van der Waals surface area contributed by atoms with Gasteiger partial charge in [-0.15, -0.1) is 0 Å². The van der Waals surface area contributed by atoms with E-state index in [1.807, 2.05) is 0 Å². The molecule has 19 heavy (non-hydrogen) atoms. The number of carbonyl (C=O) groups is 1. The number of aliphatic hydroxyl groups is 1. The van der Waals surface area contributed by atoms with Crippen molar-refractivity contribution in [2.75, 3.05) is 31.5 Å². The van der Waals surface area contributed by atoms with Crippen molar-refractivity contribution in [1.29, 1.82) is 0 Å². The summed E-state index contributed by atoms with van der Waals surface area (Å²) < 4.78 is 0. The van der Waals surface area contributed by atoms with Crippen molar-refractivity contribution in [3.8, 4) is 0 Å². The molecule has 1 aliphatic rings. The van der Waals surface area contributed by atoms with Gasteiger partial charge in [0.05, 0.1) is 18.0 Å². The highest BCUT2D eigenvalue weighted by Crippen LogP contribution is 2.08. The van der Waals surface area contributed by atoms with Crippen LogP contribution in [0.15, 0.2) is 12.4 Å². The lowest BCUT2D eigenvalue weighted by molar-refractivity contribution is 0.102.